The number of carbonyl (C=O) groups is 1. The zero-order valence-corrected chi connectivity index (χ0v) is 16.4. The number of nitrogens with two attached hydrogens (primary N) is 1. The highest BCUT2D eigenvalue weighted by Gasteiger charge is 2.34. The Balaban J connectivity index is 0.00000312. The van der Waals surface area contributed by atoms with Gasteiger partial charge in [-0.15, -0.1) is 12.4 Å². The third-order valence-corrected chi connectivity index (χ3v) is 5.90. The zero-order chi connectivity index (χ0) is 17.7. The molecule has 6 nitrogen and oxygen atoms in total. The van der Waals surface area contributed by atoms with Crippen molar-refractivity contribution in [3.8, 4) is 0 Å². The van der Waals surface area contributed by atoms with E-state index in [4.69, 9.17) is 5.73 Å². The summed E-state index contributed by atoms with van der Waals surface area (Å²) in [6.45, 7) is 2.91. The lowest BCUT2D eigenvalue weighted by Gasteiger charge is -2.20. The van der Waals surface area contributed by atoms with Crippen LogP contribution in [0.2, 0.25) is 0 Å². The van der Waals surface area contributed by atoms with Gasteiger partial charge in [0.2, 0.25) is 10.0 Å². The summed E-state index contributed by atoms with van der Waals surface area (Å²) >= 11 is 0. The van der Waals surface area contributed by atoms with Crippen molar-refractivity contribution < 1.29 is 13.2 Å². The molecule has 25 heavy (non-hydrogen) atoms. The number of amides is 1. The topological polar surface area (TPSA) is 92.5 Å². The number of benzene rings is 1. The van der Waals surface area contributed by atoms with Gasteiger partial charge in [0.15, 0.2) is 0 Å². The van der Waals surface area contributed by atoms with Crippen molar-refractivity contribution >= 4 is 28.3 Å². The molecule has 0 bridgehead atoms. The Morgan fingerprint density at radius 2 is 2.00 bits per heavy atom. The highest BCUT2D eigenvalue weighted by atomic mass is 35.5. The Morgan fingerprint density at radius 1 is 1.36 bits per heavy atom. The van der Waals surface area contributed by atoms with Gasteiger partial charge in [-0.05, 0) is 37.3 Å². The van der Waals surface area contributed by atoms with Gasteiger partial charge in [0, 0.05) is 26.2 Å². The van der Waals surface area contributed by atoms with E-state index in [9.17, 15) is 13.2 Å². The van der Waals surface area contributed by atoms with Gasteiger partial charge >= 0.3 is 0 Å². The van der Waals surface area contributed by atoms with Gasteiger partial charge in [-0.3, -0.25) is 4.79 Å². The highest BCUT2D eigenvalue weighted by Crippen LogP contribution is 2.33. The number of nitrogens with zero attached hydrogens (tertiary/aromatic N) is 1. The van der Waals surface area contributed by atoms with E-state index >= 15 is 0 Å². The lowest BCUT2D eigenvalue weighted by atomic mass is 10.2. The fourth-order valence-corrected chi connectivity index (χ4v) is 4.20. The molecule has 0 aliphatic heterocycles. The standard InChI is InChI=1S/C17H27N3O3S.ClH/c1-3-4-11-20(2)17(21)14-7-5-6-8-16(14)24(22,23)19-15(12-18)13-9-10-13;/h5-8,13,15,19H,3-4,9-12,18H2,1-2H3;1H. The predicted molar refractivity (Wildman–Crippen MR) is 101 cm³/mol. The summed E-state index contributed by atoms with van der Waals surface area (Å²) in [6, 6.07) is 6.08. The first-order valence-electron chi connectivity index (χ1n) is 8.47. The molecule has 1 fully saturated rings. The molecule has 1 unspecified atom stereocenters. The van der Waals surface area contributed by atoms with Crippen molar-refractivity contribution in [2.24, 2.45) is 11.7 Å². The summed E-state index contributed by atoms with van der Waals surface area (Å²) in [5.74, 6) is 0.0278. The molecule has 1 aliphatic rings. The normalized spacial score (nSPS) is 15.3. The Bertz CT molecular complexity index is 677. The van der Waals surface area contributed by atoms with E-state index in [0.717, 1.165) is 25.7 Å². The molecule has 1 amide bonds. The number of hydrogen-bond donors (Lipinski definition) is 2. The van der Waals surface area contributed by atoms with Gasteiger partial charge in [0.25, 0.3) is 5.91 Å². The van der Waals surface area contributed by atoms with Gasteiger partial charge in [0.05, 0.1) is 10.5 Å². The summed E-state index contributed by atoms with van der Waals surface area (Å²) in [4.78, 5) is 14.2. The highest BCUT2D eigenvalue weighted by molar-refractivity contribution is 7.89. The minimum atomic E-state index is -3.78. The molecule has 1 atom stereocenters. The number of rotatable bonds is 9. The smallest absolute Gasteiger partial charge is 0.254 e. The average molecular weight is 390 g/mol. The summed E-state index contributed by atoms with van der Waals surface area (Å²) in [5.41, 5.74) is 5.90. The largest absolute Gasteiger partial charge is 0.342 e. The Labute approximate surface area is 156 Å². The Morgan fingerprint density at radius 3 is 2.56 bits per heavy atom. The summed E-state index contributed by atoms with van der Waals surface area (Å²) in [6.07, 6.45) is 3.83. The molecule has 1 saturated carbocycles. The van der Waals surface area contributed by atoms with Crippen molar-refractivity contribution in [2.75, 3.05) is 20.1 Å². The first kappa shape index (κ1) is 21.9. The van der Waals surface area contributed by atoms with Gasteiger partial charge in [-0.25, -0.2) is 13.1 Å². The molecule has 0 heterocycles. The molecule has 0 aromatic heterocycles. The maximum absolute atomic E-state index is 12.8. The SMILES string of the molecule is CCCCN(C)C(=O)c1ccccc1S(=O)(=O)NC(CN)C1CC1.Cl. The van der Waals surface area contributed by atoms with E-state index < -0.39 is 10.0 Å². The molecule has 0 saturated heterocycles. The lowest BCUT2D eigenvalue weighted by Crippen LogP contribution is -2.42. The first-order valence-corrected chi connectivity index (χ1v) is 9.96. The molecular formula is C17H28ClN3O3S. The van der Waals surface area contributed by atoms with E-state index in [1.165, 1.54) is 6.07 Å². The number of hydrogen-bond acceptors (Lipinski definition) is 4. The van der Waals surface area contributed by atoms with Crippen molar-refractivity contribution in [1.82, 2.24) is 9.62 Å². The van der Waals surface area contributed by atoms with Crippen LogP contribution in [0.3, 0.4) is 0 Å². The molecular weight excluding hydrogens is 362 g/mol. The van der Waals surface area contributed by atoms with Crippen molar-refractivity contribution in [1.29, 1.82) is 0 Å². The van der Waals surface area contributed by atoms with Crippen molar-refractivity contribution in [3.63, 3.8) is 0 Å². The second-order valence-electron chi connectivity index (χ2n) is 6.38. The third-order valence-electron chi connectivity index (χ3n) is 4.35. The molecule has 1 aromatic carbocycles. The number of sulfonamides is 1. The Hall–Kier alpha value is -1.15. The van der Waals surface area contributed by atoms with E-state index in [1.54, 1.807) is 30.1 Å². The number of nitrogens with one attached hydrogen (secondary N) is 1. The maximum Gasteiger partial charge on any atom is 0.254 e. The quantitative estimate of drug-likeness (QED) is 0.675. The van der Waals surface area contributed by atoms with Crippen LogP contribution in [0.25, 0.3) is 0 Å². The van der Waals surface area contributed by atoms with E-state index in [2.05, 4.69) is 4.72 Å². The van der Waals surface area contributed by atoms with E-state index in [1.807, 2.05) is 6.92 Å². The molecule has 1 aromatic rings. The lowest BCUT2D eigenvalue weighted by molar-refractivity contribution is 0.0789. The van der Waals surface area contributed by atoms with Crippen molar-refractivity contribution in [2.45, 2.75) is 43.5 Å². The average Bonchev–Trinajstić information content (AvgIpc) is 3.41. The zero-order valence-electron chi connectivity index (χ0n) is 14.8. The first-order chi connectivity index (χ1) is 11.4. The fraction of sp³-hybridized carbons (Fsp3) is 0.588. The molecule has 0 spiro atoms. The van der Waals surface area contributed by atoms with Gasteiger partial charge in [-0.1, -0.05) is 25.5 Å². The summed E-state index contributed by atoms with van der Waals surface area (Å²) in [5, 5.41) is 0. The van der Waals surface area contributed by atoms with Crippen LogP contribution >= 0.6 is 12.4 Å². The van der Waals surface area contributed by atoms with Crippen LogP contribution in [-0.4, -0.2) is 45.4 Å². The Kier molecular flexibility index (Phi) is 8.34. The van der Waals surface area contributed by atoms with E-state index in [0.29, 0.717) is 12.5 Å². The minimum Gasteiger partial charge on any atom is -0.342 e. The predicted octanol–water partition coefficient (Wildman–Crippen LogP) is 2.00. The second kappa shape index (κ2) is 9.52. The van der Waals surface area contributed by atoms with Crippen LogP contribution in [0.15, 0.2) is 29.2 Å². The van der Waals surface area contributed by atoms with E-state index in [-0.39, 0.29) is 41.4 Å². The van der Waals surface area contributed by atoms with Gasteiger partial charge in [-0.2, -0.15) is 0 Å². The maximum atomic E-state index is 12.8. The molecule has 142 valence electrons. The van der Waals surface area contributed by atoms with Crippen LogP contribution in [0.5, 0.6) is 0 Å². The molecule has 8 heteroatoms. The van der Waals surface area contributed by atoms with Crippen LogP contribution < -0.4 is 10.5 Å². The number of carbonyl (C=O) groups excluding carboxylic acids is 1. The van der Waals surface area contributed by atoms with Crippen LogP contribution in [-0.2, 0) is 10.0 Å². The fourth-order valence-electron chi connectivity index (χ4n) is 2.68. The van der Waals surface area contributed by atoms with Gasteiger partial charge in [0.1, 0.15) is 0 Å². The van der Waals surface area contributed by atoms with Crippen LogP contribution in [0.4, 0.5) is 0 Å². The second-order valence-corrected chi connectivity index (χ2v) is 8.06. The number of halogens is 1. The molecule has 3 N–H and O–H groups in total. The third kappa shape index (κ3) is 5.67. The minimum absolute atomic E-state index is 0. The van der Waals surface area contributed by atoms with Crippen LogP contribution in [0, 0.1) is 5.92 Å². The summed E-state index contributed by atoms with van der Waals surface area (Å²) < 4.78 is 28.2. The molecule has 2 rings (SSSR count). The molecule has 1 aliphatic carbocycles. The summed E-state index contributed by atoms with van der Waals surface area (Å²) in [7, 11) is -2.09. The van der Waals surface area contributed by atoms with Crippen LogP contribution in [0.1, 0.15) is 43.0 Å². The monoisotopic (exact) mass is 389 g/mol. The number of unbranched alkanes of at least 4 members (excludes halogenated alkanes) is 1. The van der Waals surface area contributed by atoms with Crippen molar-refractivity contribution in [3.05, 3.63) is 29.8 Å². The van der Waals surface area contributed by atoms with Gasteiger partial charge < -0.3 is 10.6 Å². The molecule has 0 radical (unpaired) electrons.